The fourth-order valence-electron chi connectivity index (χ4n) is 2.10. The molecule has 0 aliphatic heterocycles. The lowest BCUT2D eigenvalue weighted by Gasteiger charge is -2.12. The maximum atomic E-state index is 5.68. The van der Waals surface area contributed by atoms with Crippen molar-refractivity contribution in [2.75, 3.05) is 6.61 Å². The third-order valence-corrected chi connectivity index (χ3v) is 3.06. The van der Waals surface area contributed by atoms with Crippen molar-refractivity contribution >= 4 is 0 Å². The van der Waals surface area contributed by atoms with Gasteiger partial charge in [-0.15, -0.1) is 0 Å². The van der Waals surface area contributed by atoms with E-state index in [1.807, 2.05) is 6.07 Å². The molecule has 1 aliphatic carbocycles. The summed E-state index contributed by atoms with van der Waals surface area (Å²) in [7, 11) is 0. The first-order valence-electron chi connectivity index (χ1n) is 6.25. The molecule has 0 amide bonds. The van der Waals surface area contributed by atoms with Crippen LogP contribution < -0.4 is 0 Å². The van der Waals surface area contributed by atoms with Crippen LogP contribution in [0.2, 0.25) is 0 Å². The second-order valence-electron chi connectivity index (χ2n) is 4.40. The Morgan fingerprint density at radius 3 is 2.69 bits per heavy atom. The van der Waals surface area contributed by atoms with Crippen molar-refractivity contribution in [1.82, 2.24) is 0 Å². The topological polar surface area (TPSA) is 9.23 Å². The van der Waals surface area contributed by atoms with Gasteiger partial charge in [0.15, 0.2) is 0 Å². The van der Waals surface area contributed by atoms with Crippen LogP contribution in [0.4, 0.5) is 0 Å². The number of ether oxygens (including phenoxy) is 1. The van der Waals surface area contributed by atoms with Crippen molar-refractivity contribution in [3.8, 4) is 0 Å². The minimum absolute atomic E-state index is 0.744. The largest absolute Gasteiger partial charge is 0.376 e. The molecule has 0 bridgehead atoms. The highest BCUT2D eigenvalue weighted by Gasteiger charge is 2.03. The lowest BCUT2D eigenvalue weighted by molar-refractivity contribution is 0.123. The van der Waals surface area contributed by atoms with E-state index in [1.54, 1.807) is 5.57 Å². The summed E-state index contributed by atoms with van der Waals surface area (Å²) in [6.45, 7) is 1.61. The second kappa shape index (κ2) is 6.49. The SMILES string of the molecule is C1=C(CCOCc2ccccc2)CCCC1. The Labute approximate surface area is 98.1 Å². The quantitative estimate of drug-likeness (QED) is 0.532. The van der Waals surface area contributed by atoms with Crippen LogP contribution in [0.15, 0.2) is 42.0 Å². The third-order valence-electron chi connectivity index (χ3n) is 3.06. The summed E-state index contributed by atoms with van der Waals surface area (Å²) in [6.07, 6.45) is 8.81. The first kappa shape index (κ1) is 11.4. The highest BCUT2D eigenvalue weighted by molar-refractivity contribution is 5.13. The molecule has 0 aromatic heterocycles. The smallest absolute Gasteiger partial charge is 0.0717 e. The lowest BCUT2D eigenvalue weighted by atomic mass is 9.98. The van der Waals surface area contributed by atoms with E-state index < -0.39 is 0 Å². The zero-order chi connectivity index (χ0) is 11.1. The van der Waals surface area contributed by atoms with E-state index in [9.17, 15) is 0 Å². The zero-order valence-corrected chi connectivity index (χ0v) is 9.82. The Morgan fingerprint density at radius 2 is 1.94 bits per heavy atom. The summed E-state index contributed by atoms with van der Waals surface area (Å²) in [6, 6.07) is 10.4. The molecule has 0 saturated carbocycles. The van der Waals surface area contributed by atoms with E-state index in [0.29, 0.717) is 0 Å². The molecule has 0 spiro atoms. The number of rotatable bonds is 5. The average Bonchev–Trinajstić information content (AvgIpc) is 2.37. The van der Waals surface area contributed by atoms with Crippen LogP contribution in [0.3, 0.4) is 0 Å². The summed E-state index contributed by atoms with van der Waals surface area (Å²) < 4.78 is 5.68. The second-order valence-corrected chi connectivity index (χ2v) is 4.40. The highest BCUT2D eigenvalue weighted by atomic mass is 16.5. The Bertz CT molecular complexity index is 327. The molecule has 1 nitrogen and oxygen atoms in total. The van der Waals surface area contributed by atoms with Gasteiger partial charge in [0.25, 0.3) is 0 Å². The molecule has 1 heteroatoms. The summed E-state index contributed by atoms with van der Waals surface area (Å²) in [5.41, 5.74) is 2.86. The van der Waals surface area contributed by atoms with Crippen LogP contribution in [-0.4, -0.2) is 6.61 Å². The molecular weight excluding hydrogens is 196 g/mol. The molecule has 0 radical (unpaired) electrons. The van der Waals surface area contributed by atoms with E-state index in [4.69, 9.17) is 4.74 Å². The van der Waals surface area contributed by atoms with Gasteiger partial charge in [-0.05, 0) is 37.7 Å². The predicted octanol–water partition coefficient (Wildman–Crippen LogP) is 4.09. The predicted molar refractivity (Wildman–Crippen MR) is 67.3 cm³/mol. The Morgan fingerprint density at radius 1 is 1.06 bits per heavy atom. The van der Waals surface area contributed by atoms with Crippen molar-refractivity contribution in [2.45, 2.75) is 38.7 Å². The molecule has 1 aromatic carbocycles. The highest BCUT2D eigenvalue weighted by Crippen LogP contribution is 2.19. The first-order chi connectivity index (χ1) is 7.95. The van der Waals surface area contributed by atoms with Crippen molar-refractivity contribution in [1.29, 1.82) is 0 Å². The van der Waals surface area contributed by atoms with Gasteiger partial charge in [0.1, 0.15) is 0 Å². The minimum Gasteiger partial charge on any atom is -0.376 e. The Balaban J connectivity index is 1.63. The molecule has 0 heterocycles. The average molecular weight is 216 g/mol. The van der Waals surface area contributed by atoms with Gasteiger partial charge in [-0.3, -0.25) is 0 Å². The van der Waals surface area contributed by atoms with Gasteiger partial charge in [0, 0.05) is 0 Å². The molecule has 16 heavy (non-hydrogen) atoms. The van der Waals surface area contributed by atoms with Gasteiger partial charge in [-0.1, -0.05) is 42.0 Å². The van der Waals surface area contributed by atoms with Crippen LogP contribution in [-0.2, 0) is 11.3 Å². The third kappa shape index (κ3) is 3.82. The lowest BCUT2D eigenvalue weighted by Crippen LogP contribution is -1.99. The molecular formula is C15H20O. The monoisotopic (exact) mass is 216 g/mol. The van der Waals surface area contributed by atoms with Crippen LogP contribution in [0, 0.1) is 0 Å². The molecule has 0 N–H and O–H groups in total. The Kier molecular flexibility index (Phi) is 4.63. The molecule has 0 atom stereocenters. The van der Waals surface area contributed by atoms with Crippen molar-refractivity contribution in [3.05, 3.63) is 47.5 Å². The maximum absolute atomic E-state index is 5.68. The van der Waals surface area contributed by atoms with Gasteiger partial charge in [0.2, 0.25) is 0 Å². The van der Waals surface area contributed by atoms with Gasteiger partial charge < -0.3 is 4.74 Å². The van der Waals surface area contributed by atoms with Gasteiger partial charge in [-0.25, -0.2) is 0 Å². The Hall–Kier alpha value is -1.08. The number of hydrogen-bond donors (Lipinski definition) is 0. The van der Waals surface area contributed by atoms with E-state index >= 15 is 0 Å². The van der Waals surface area contributed by atoms with E-state index in [-0.39, 0.29) is 0 Å². The van der Waals surface area contributed by atoms with Crippen LogP contribution >= 0.6 is 0 Å². The van der Waals surface area contributed by atoms with E-state index in [1.165, 1.54) is 31.2 Å². The maximum Gasteiger partial charge on any atom is 0.0717 e. The zero-order valence-electron chi connectivity index (χ0n) is 9.82. The summed E-state index contributed by atoms with van der Waals surface area (Å²) >= 11 is 0. The number of hydrogen-bond acceptors (Lipinski definition) is 1. The standard InChI is InChI=1S/C15H20O/c1-3-7-14(8-4-1)11-12-16-13-15-9-5-2-6-10-15/h2,5-7,9-10H,1,3-4,8,11-13H2. The molecule has 1 aromatic rings. The molecule has 0 unspecified atom stereocenters. The minimum atomic E-state index is 0.744. The number of benzene rings is 1. The van der Waals surface area contributed by atoms with Gasteiger partial charge in [0.05, 0.1) is 13.2 Å². The van der Waals surface area contributed by atoms with E-state index in [0.717, 1.165) is 19.6 Å². The molecule has 0 fully saturated rings. The first-order valence-corrected chi connectivity index (χ1v) is 6.25. The number of allylic oxidation sites excluding steroid dienone is 1. The van der Waals surface area contributed by atoms with Crippen LogP contribution in [0.25, 0.3) is 0 Å². The molecule has 1 aliphatic rings. The van der Waals surface area contributed by atoms with Gasteiger partial charge in [-0.2, -0.15) is 0 Å². The molecule has 86 valence electrons. The van der Waals surface area contributed by atoms with Crippen LogP contribution in [0.5, 0.6) is 0 Å². The fourth-order valence-corrected chi connectivity index (χ4v) is 2.10. The molecule has 2 rings (SSSR count). The summed E-state index contributed by atoms with van der Waals surface area (Å²) in [5.74, 6) is 0. The van der Waals surface area contributed by atoms with Crippen molar-refractivity contribution in [3.63, 3.8) is 0 Å². The van der Waals surface area contributed by atoms with Crippen molar-refractivity contribution < 1.29 is 4.74 Å². The van der Waals surface area contributed by atoms with Crippen molar-refractivity contribution in [2.24, 2.45) is 0 Å². The molecule has 0 saturated heterocycles. The normalized spacial score (nSPS) is 15.9. The van der Waals surface area contributed by atoms with Gasteiger partial charge >= 0.3 is 0 Å². The van der Waals surface area contributed by atoms with E-state index in [2.05, 4.69) is 30.3 Å². The van der Waals surface area contributed by atoms with Crippen LogP contribution in [0.1, 0.15) is 37.7 Å². The summed E-state index contributed by atoms with van der Waals surface area (Å²) in [5, 5.41) is 0. The fraction of sp³-hybridized carbons (Fsp3) is 0.467. The summed E-state index contributed by atoms with van der Waals surface area (Å²) in [4.78, 5) is 0.